The molecule has 0 spiro atoms. The average Bonchev–Trinajstić information content (AvgIpc) is 3.31. The molecule has 0 saturated carbocycles. The fourth-order valence-corrected chi connectivity index (χ4v) is 9.06. The minimum absolute atomic E-state index is 0.236. The molecule has 14 heteroatoms. The van der Waals surface area contributed by atoms with Crippen molar-refractivity contribution < 1.29 is 64.6 Å². The zero-order valence-electron chi connectivity index (χ0n) is 41.5. The second-order valence-corrected chi connectivity index (χ2v) is 19.4. The van der Waals surface area contributed by atoms with E-state index in [-0.39, 0.29) is 18.9 Å². The Morgan fingerprint density at radius 2 is 0.939 bits per heavy atom. The van der Waals surface area contributed by atoms with E-state index in [4.69, 9.17) is 18.9 Å². The number of nitrogens with one attached hydrogen (secondary N) is 1. The Morgan fingerprint density at radius 3 is 1.39 bits per heavy atom. The van der Waals surface area contributed by atoms with Crippen LogP contribution in [0.3, 0.4) is 0 Å². The Hall–Kier alpha value is -1.27. The van der Waals surface area contributed by atoms with Gasteiger partial charge in [0, 0.05) is 6.42 Å². The minimum atomic E-state index is -1.78. The van der Waals surface area contributed by atoms with Crippen molar-refractivity contribution in [3.05, 3.63) is 12.2 Å². The Labute approximate surface area is 399 Å². The molecule has 2 aliphatic rings. The predicted molar refractivity (Wildman–Crippen MR) is 259 cm³/mol. The highest BCUT2D eigenvalue weighted by atomic mass is 16.7. The third kappa shape index (κ3) is 26.1. The van der Waals surface area contributed by atoms with Gasteiger partial charge in [-0.05, 0) is 19.3 Å². The molecule has 1 amide bonds. The number of allylic oxidation sites excluding steroid dienone is 1. The average molecular weight is 946 g/mol. The summed E-state index contributed by atoms with van der Waals surface area (Å²) in [7, 11) is 0. The number of hydrogen-bond donors (Lipinski definition) is 9. The van der Waals surface area contributed by atoms with E-state index in [2.05, 4.69) is 19.2 Å². The predicted octanol–water partition coefficient (Wildman–Crippen LogP) is 7.55. The molecule has 2 aliphatic heterocycles. The molecule has 0 aromatic rings. The topological polar surface area (TPSA) is 228 Å². The summed E-state index contributed by atoms with van der Waals surface area (Å²) in [6.45, 7) is 2.80. The molecule has 390 valence electrons. The standard InChI is InChI=1S/C52H99NO13/c1-3-5-7-9-11-13-15-17-19-20-22-24-26-28-30-32-34-36-44(57)53-40(41(56)35-33-31-29-27-25-23-21-18-16-14-12-10-8-6-4-2)39-63-51-49(62)47(60)50(43(38-55)65-51)66-52-48(61)46(59)45(58)42(37-54)64-52/h33,35,40-43,45-52,54-56,58-62H,3-32,34,36-39H2,1-2H3,(H,53,57)/b35-33+. The third-order valence-corrected chi connectivity index (χ3v) is 13.5. The van der Waals surface area contributed by atoms with E-state index in [0.717, 1.165) is 38.5 Å². The lowest BCUT2D eigenvalue weighted by molar-refractivity contribution is -0.359. The molecule has 9 N–H and O–H groups in total. The first-order chi connectivity index (χ1) is 32.1. The van der Waals surface area contributed by atoms with Crippen LogP contribution in [0.15, 0.2) is 12.2 Å². The van der Waals surface area contributed by atoms with Crippen molar-refractivity contribution in [2.24, 2.45) is 0 Å². The van der Waals surface area contributed by atoms with E-state index in [1.54, 1.807) is 6.08 Å². The molecule has 66 heavy (non-hydrogen) atoms. The van der Waals surface area contributed by atoms with E-state index in [0.29, 0.717) is 6.42 Å². The molecule has 2 saturated heterocycles. The van der Waals surface area contributed by atoms with Gasteiger partial charge in [-0.15, -0.1) is 0 Å². The first-order valence-electron chi connectivity index (χ1n) is 26.9. The van der Waals surface area contributed by atoms with Gasteiger partial charge in [-0.25, -0.2) is 0 Å². The van der Waals surface area contributed by atoms with Crippen LogP contribution in [0.25, 0.3) is 0 Å². The molecule has 12 unspecified atom stereocenters. The second-order valence-electron chi connectivity index (χ2n) is 19.4. The van der Waals surface area contributed by atoms with E-state index < -0.39 is 86.8 Å². The number of aliphatic hydroxyl groups excluding tert-OH is 8. The molecule has 0 aliphatic carbocycles. The summed E-state index contributed by atoms with van der Waals surface area (Å²) in [5.74, 6) is -0.236. The van der Waals surface area contributed by atoms with Gasteiger partial charge >= 0.3 is 0 Å². The molecule has 0 bridgehead atoms. The van der Waals surface area contributed by atoms with Gasteiger partial charge in [0.05, 0.1) is 32.0 Å². The zero-order chi connectivity index (χ0) is 48.2. The van der Waals surface area contributed by atoms with Crippen LogP contribution < -0.4 is 5.32 Å². The number of ether oxygens (including phenoxy) is 4. The molecular weight excluding hydrogens is 847 g/mol. The van der Waals surface area contributed by atoms with Gasteiger partial charge in [-0.3, -0.25) is 4.79 Å². The lowest BCUT2D eigenvalue weighted by Crippen LogP contribution is -2.65. The van der Waals surface area contributed by atoms with Crippen molar-refractivity contribution in [2.75, 3.05) is 19.8 Å². The maximum Gasteiger partial charge on any atom is 0.220 e. The zero-order valence-corrected chi connectivity index (χ0v) is 41.5. The highest BCUT2D eigenvalue weighted by molar-refractivity contribution is 5.76. The summed E-state index contributed by atoms with van der Waals surface area (Å²) >= 11 is 0. The summed E-state index contributed by atoms with van der Waals surface area (Å²) < 4.78 is 22.7. The summed E-state index contributed by atoms with van der Waals surface area (Å²) in [6.07, 6.45) is 25.3. The highest BCUT2D eigenvalue weighted by Gasteiger charge is 2.51. The molecule has 0 aromatic carbocycles. The largest absolute Gasteiger partial charge is 0.394 e. The first kappa shape index (κ1) is 60.9. The Balaban J connectivity index is 1.82. The number of aliphatic hydroxyl groups is 8. The molecule has 0 radical (unpaired) electrons. The van der Waals surface area contributed by atoms with Gasteiger partial charge in [0.15, 0.2) is 12.6 Å². The van der Waals surface area contributed by atoms with E-state index >= 15 is 0 Å². The summed E-state index contributed by atoms with van der Waals surface area (Å²) in [6, 6.07) is -0.908. The van der Waals surface area contributed by atoms with Crippen molar-refractivity contribution in [2.45, 2.75) is 293 Å². The van der Waals surface area contributed by atoms with Gasteiger partial charge in [0.1, 0.15) is 48.8 Å². The van der Waals surface area contributed by atoms with Crippen LogP contribution in [0.2, 0.25) is 0 Å². The van der Waals surface area contributed by atoms with Crippen molar-refractivity contribution >= 4 is 5.91 Å². The Kier molecular flexibility index (Phi) is 36.4. The maximum atomic E-state index is 13.2. The normalized spacial score (nSPS) is 26.8. The lowest BCUT2D eigenvalue weighted by Gasteiger charge is -2.46. The number of carbonyl (C=O) groups excluding carboxylic acids is 1. The number of amides is 1. The van der Waals surface area contributed by atoms with Crippen LogP contribution in [0.5, 0.6) is 0 Å². The molecule has 0 aromatic heterocycles. The monoisotopic (exact) mass is 946 g/mol. The number of rotatable bonds is 42. The Bertz CT molecular complexity index is 1160. The highest BCUT2D eigenvalue weighted by Crippen LogP contribution is 2.30. The first-order valence-corrected chi connectivity index (χ1v) is 26.9. The van der Waals surface area contributed by atoms with Crippen LogP contribution in [0.4, 0.5) is 0 Å². The van der Waals surface area contributed by atoms with E-state index in [1.807, 2.05) is 6.08 Å². The van der Waals surface area contributed by atoms with E-state index in [1.165, 1.54) is 154 Å². The van der Waals surface area contributed by atoms with Gasteiger partial charge in [-0.2, -0.15) is 0 Å². The van der Waals surface area contributed by atoms with Crippen LogP contribution >= 0.6 is 0 Å². The van der Waals surface area contributed by atoms with Crippen LogP contribution in [-0.4, -0.2) is 140 Å². The summed E-state index contributed by atoms with van der Waals surface area (Å²) in [4.78, 5) is 13.2. The summed E-state index contributed by atoms with van der Waals surface area (Å²) in [5, 5.41) is 86.8. The Morgan fingerprint density at radius 1 is 0.530 bits per heavy atom. The van der Waals surface area contributed by atoms with Crippen molar-refractivity contribution in [3.8, 4) is 0 Å². The van der Waals surface area contributed by atoms with Crippen LogP contribution in [0.1, 0.15) is 219 Å². The maximum absolute atomic E-state index is 13.2. The molecule has 2 heterocycles. The molecule has 12 atom stereocenters. The van der Waals surface area contributed by atoms with E-state index in [9.17, 15) is 45.6 Å². The SMILES string of the molecule is CCCCCCCCCCCCCCC/C=C/C(O)C(COC1OC(CO)C(OC2OC(CO)C(O)C(O)C2O)C(O)C1O)NC(=O)CCCCCCCCCCCCCCCCCCC. The van der Waals surface area contributed by atoms with Crippen molar-refractivity contribution in [3.63, 3.8) is 0 Å². The molecule has 2 fully saturated rings. The molecular formula is C52H99NO13. The smallest absolute Gasteiger partial charge is 0.220 e. The minimum Gasteiger partial charge on any atom is -0.394 e. The van der Waals surface area contributed by atoms with Crippen molar-refractivity contribution in [1.82, 2.24) is 5.32 Å². The van der Waals surface area contributed by atoms with Gasteiger partial charge < -0.3 is 65.1 Å². The fraction of sp³-hybridized carbons (Fsp3) is 0.942. The molecule has 2 rings (SSSR count). The van der Waals surface area contributed by atoms with Crippen LogP contribution in [-0.2, 0) is 23.7 Å². The van der Waals surface area contributed by atoms with Gasteiger partial charge in [0.2, 0.25) is 5.91 Å². The molecule has 14 nitrogen and oxygen atoms in total. The second kappa shape index (κ2) is 39.5. The van der Waals surface area contributed by atoms with Gasteiger partial charge in [-0.1, -0.05) is 206 Å². The quantitative estimate of drug-likeness (QED) is 0.0213. The van der Waals surface area contributed by atoms with Crippen LogP contribution in [0, 0.1) is 0 Å². The fourth-order valence-electron chi connectivity index (χ4n) is 9.06. The lowest BCUT2D eigenvalue weighted by atomic mass is 9.97. The van der Waals surface area contributed by atoms with Gasteiger partial charge in [0.25, 0.3) is 0 Å². The summed E-state index contributed by atoms with van der Waals surface area (Å²) in [5.41, 5.74) is 0. The third-order valence-electron chi connectivity index (χ3n) is 13.5. The number of carbonyl (C=O) groups is 1. The van der Waals surface area contributed by atoms with Crippen molar-refractivity contribution in [1.29, 1.82) is 0 Å². The number of unbranched alkanes of at least 4 members (excludes halogenated alkanes) is 29. The number of hydrogen-bond acceptors (Lipinski definition) is 13.